The third-order valence-corrected chi connectivity index (χ3v) is 3.22. The summed E-state index contributed by atoms with van der Waals surface area (Å²) in [6.45, 7) is 0.0449. The summed E-state index contributed by atoms with van der Waals surface area (Å²) in [7, 11) is 0. The highest BCUT2D eigenvalue weighted by atomic mass is 19.3. The highest BCUT2D eigenvalue weighted by Crippen LogP contribution is 2.22. The number of carbonyl (C=O) groups excluding carboxylic acids is 1. The molecule has 20 heavy (non-hydrogen) atoms. The molecule has 0 spiro atoms. The van der Waals surface area contributed by atoms with E-state index in [9.17, 15) is 18.7 Å². The molecule has 6 heteroatoms. The topological polar surface area (TPSA) is 58.6 Å². The van der Waals surface area contributed by atoms with Gasteiger partial charge in [0.2, 0.25) is 0 Å². The Hall–Kier alpha value is -1.53. The number of aliphatic hydroxyl groups is 1. The number of hydrogen-bond acceptors (Lipinski definition) is 3. The second kappa shape index (κ2) is 6.76. The van der Waals surface area contributed by atoms with Crippen LogP contribution in [0.2, 0.25) is 0 Å². The number of alkyl halides is 2. The molecule has 0 saturated carbocycles. The fourth-order valence-electron chi connectivity index (χ4n) is 2.17. The van der Waals surface area contributed by atoms with E-state index in [1.54, 1.807) is 12.1 Å². The zero-order valence-electron chi connectivity index (χ0n) is 10.9. The van der Waals surface area contributed by atoms with E-state index in [4.69, 9.17) is 4.74 Å². The van der Waals surface area contributed by atoms with Crippen LogP contribution in [0, 0.1) is 0 Å². The number of amides is 1. The molecule has 1 aliphatic rings. The van der Waals surface area contributed by atoms with Gasteiger partial charge in [0, 0.05) is 25.1 Å². The Morgan fingerprint density at radius 1 is 1.40 bits per heavy atom. The predicted octanol–water partition coefficient (Wildman–Crippen LogP) is 1.68. The standard InChI is InChI=1S/C14H17F2NO3/c15-13(16)8-20-6-4-12(18)10-2-1-9-3-5-17-14(19)11(9)7-10/h1-2,7,12-13,18H,3-6,8H2,(H,17,19). The third kappa shape index (κ3) is 3.74. The van der Waals surface area contributed by atoms with Gasteiger partial charge in [0.15, 0.2) is 0 Å². The average molecular weight is 285 g/mol. The average Bonchev–Trinajstić information content (AvgIpc) is 2.43. The minimum Gasteiger partial charge on any atom is -0.388 e. The summed E-state index contributed by atoms with van der Waals surface area (Å²) < 4.78 is 28.5. The molecule has 1 aromatic carbocycles. The largest absolute Gasteiger partial charge is 0.388 e. The van der Waals surface area contributed by atoms with Gasteiger partial charge in [-0.2, -0.15) is 0 Å². The van der Waals surface area contributed by atoms with Crippen LogP contribution in [0.1, 0.15) is 34.0 Å². The van der Waals surface area contributed by atoms with Gasteiger partial charge in [-0.3, -0.25) is 4.79 Å². The van der Waals surface area contributed by atoms with E-state index in [0.717, 1.165) is 12.0 Å². The van der Waals surface area contributed by atoms with Gasteiger partial charge < -0.3 is 15.2 Å². The lowest BCUT2D eigenvalue weighted by molar-refractivity contribution is 0.00480. The van der Waals surface area contributed by atoms with Gasteiger partial charge in [-0.1, -0.05) is 12.1 Å². The first-order valence-electron chi connectivity index (χ1n) is 6.53. The van der Waals surface area contributed by atoms with Gasteiger partial charge in [0.05, 0.1) is 6.10 Å². The minimum atomic E-state index is -2.50. The van der Waals surface area contributed by atoms with Crippen molar-refractivity contribution in [3.63, 3.8) is 0 Å². The molecule has 110 valence electrons. The molecule has 1 unspecified atom stereocenters. The van der Waals surface area contributed by atoms with Gasteiger partial charge in [0.1, 0.15) is 6.61 Å². The SMILES string of the molecule is O=C1NCCc2ccc(C(O)CCOCC(F)F)cc21. The van der Waals surface area contributed by atoms with Crippen molar-refractivity contribution >= 4 is 5.91 Å². The van der Waals surface area contributed by atoms with Crippen LogP contribution >= 0.6 is 0 Å². The van der Waals surface area contributed by atoms with Crippen LogP contribution in [0.15, 0.2) is 18.2 Å². The Labute approximate surface area is 115 Å². The zero-order chi connectivity index (χ0) is 14.5. The maximum atomic E-state index is 11.9. The van der Waals surface area contributed by atoms with Crippen LogP contribution in [0.5, 0.6) is 0 Å². The first-order valence-corrected chi connectivity index (χ1v) is 6.53. The monoisotopic (exact) mass is 285 g/mol. The molecule has 2 rings (SSSR count). The summed E-state index contributed by atoms with van der Waals surface area (Å²) >= 11 is 0. The molecule has 1 aliphatic heterocycles. The fourth-order valence-corrected chi connectivity index (χ4v) is 2.17. The Bertz CT molecular complexity index is 479. The lowest BCUT2D eigenvalue weighted by Crippen LogP contribution is -2.31. The molecule has 0 radical (unpaired) electrons. The van der Waals surface area contributed by atoms with Crippen molar-refractivity contribution in [2.45, 2.75) is 25.4 Å². The Morgan fingerprint density at radius 2 is 2.20 bits per heavy atom. The van der Waals surface area contributed by atoms with Gasteiger partial charge in [0.25, 0.3) is 12.3 Å². The number of carbonyl (C=O) groups is 1. The van der Waals surface area contributed by atoms with E-state index in [-0.39, 0.29) is 18.9 Å². The fraction of sp³-hybridized carbons (Fsp3) is 0.500. The second-order valence-corrected chi connectivity index (χ2v) is 4.69. The van der Waals surface area contributed by atoms with Crippen LogP contribution < -0.4 is 5.32 Å². The van der Waals surface area contributed by atoms with Crippen molar-refractivity contribution in [2.75, 3.05) is 19.8 Å². The van der Waals surface area contributed by atoms with Crippen molar-refractivity contribution < 1.29 is 23.4 Å². The molecule has 2 N–H and O–H groups in total. The van der Waals surface area contributed by atoms with E-state index in [2.05, 4.69) is 5.32 Å². The molecule has 1 heterocycles. The van der Waals surface area contributed by atoms with E-state index in [1.807, 2.05) is 6.07 Å². The van der Waals surface area contributed by atoms with Crippen LogP contribution in [-0.4, -0.2) is 37.2 Å². The summed E-state index contributed by atoms with van der Waals surface area (Å²) in [6, 6.07) is 5.24. The predicted molar refractivity (Wildman–Crippen MR) is 68.9 cm³/mol. The van der Waals surface area contributed by atoms with E-state index in [0.29, 0.717) is 17.7 Å². The van der Waals surface area contributed by atoms with Crippen LogP contribution in [-0.2, 0) is 11.2 Å². The number of aliphatic hydroxyl groups excluding tert-OH is 1. The number of fused-ring (bicyclic) bond motifs is 1. The van der Waals surface area contributed by atoms with E-state index >= 15 is 0 Å². The Kier molecular flexibility index (Phi) is 5.03. The van der Waals surface area contributed by atoms with Crippen molar-refractivity contribution in [3.05, 3.63) is 34.9 Å². The summed E-state index contributed by atoms with van der Waals surface area (Å²) in [5.74, 6) is -0.144. The molecular formula is C14H17F2NO3. The molecule has 0 aliphatic carbocycles. The third-order valence-electron chi connectivity index (χ3n) is 3.22. The molecule has 4 nitrogen and oxygen atoms in total. The van der Waals surface area contributed by atoms with E-state index in [1.165, 1.54) is 0 Å². The molecule has 0 saturated heterocycles. The van der Waals surface area contributed by atoms with Crippen LogP contribution in [0.3, 0.4) is 0 Å². The number of nitrogens with one attached hydrogen (secondary N) is 1. The number of rotatable bonds is 6. The maximum absolute atomic E-state index is 11.9. The summed E-state index contributed by atoms with van der Waals surface area (Å²) in [4.78, 5) is 11.7. The van der Waals surface area contributed by atoms with E-state index < -0.39 is 19.1 Å². The molecule has 1 amide bonds. The minimum absolute atomic E-state index is 0.0504. The Morgan fingerprint density at radius 3 is 2.95 bits per heavy atom. The lowest BCUT2D eigenvalue weighted by atomic mass is 9.95. The van der Waals surface area contributed by atoms with Crippen molar-refractivity contribution in [3.8, 4) is 0 Å². The molecule has 1 aromatic rings. The summed E-state index contributed by atoms with van der Waals surface area (Å²) in [5, 5.41) is 12.7. The normalized spacial score (nSPS) is 15.9. The number of hydrogen-bond donors (Lipinski definition) is 2. The van der Waals surface area contributed by atoms with Crippen molar-refractivity contribution in [1.29, 1.82) is 0 Å². The number of benzene rings is 1. The number of ether oxygens (including phenoxy) is 1. The molecule has 0 aromatic heterocycles. The van der Waals surface area contributed by atoms with Gasteiger partial charge in [-0.05, 0) is 23.6 Å². The highest BCUT2D eigenvalue weighted by Gasteiger charge is 2.18. The lowest BCUT2D eigenvalue weighted by Gasteiger charge is -2.19. The first-order chi connectivity index (χ1) is 9.58. The van der Waals surface area contributed by atoms with Gasteiger partial charge in [-0.15, -0.1) is 0 Å². The summed E-state index contributed by atoms with van der Waals surface area (Å²) in [6.07, 6.45) is -2.34. The number of halogens is 2. The smallest absolute Gasteiger partial charge is 0.261 e. The quantitative estimate of drug-likeness (QED) is 0.782. The molecule has 0 fully saturated rings. The van der Waals surface area contributed by atoms with Gasteiger partial charge in [-0.25, -0.2) is 8.78 Å². The van der Waals surface area contributed by atoms with Crippen LogP contribution in [0.25, 0.3) is 0 Å². The van der Waals surface area contributed by atoms with Crippen LogP contribution in [0.4, 0.5) is 8.78 Å². The Balaban J connectivity index is 1.95. The summed E-state index contributed by atoms with van der Waals surface area (Å²) in [5.41, 5.74) is 2.13. The zero-order valence-corrected chi connectivity index (χ0v) is 10.9. The highest BCUT2D eigenvalue weighted by molar-refractivity contribution is 5.96. The van der Waals surface area contributed by atoms with Gasteiger partial charge >= 0.3 is 0 Å². The van der Waals surface area contributed by atoms with Crippen molar-refractivity contribution in [2.24, 2.45) is 0 Å². The molecular weight excluding hydrogens is 268 g/mol. The molecule has 1 atom stereocenters. The molecule has 0 bridgehead atoms. The van der Waals surface area contributed by atoms with Crippen molar-refractivity contribution in [1.82, 2.24) is 5.32 Å². The second-order valence-electron chi connectivity index (χ2n) is 4.69. The first kappa shape index (κ1) is 14.9. The maximum Gasteiger partial charge on any atom is 0.261 e.